The lowest BCUT2D eigenvalue weighted by Crippen LogP contribution is -2.31. The van der Waals surface area contributed by atoms with Gasteiger partial charge in [-0.05, 0) is 37.8 Å². The van der Waals surface area contributed by atoms with Gasteiger partial charge >= 0.3 is 0 Å². The van der Waals surface area contributed by atoms with Gasteiger partial charge in [0.2, 0.25) is 11.7 Å². The second kappa shape index (κ2) is 4.47. The smallest absolute Gasteiger partial charge is 0.230 e. The average Bonchev–Trinajstić information content (AvgIpc) is 3.55. The lowest BCUT2D eigenvalue weighted by molar-refractivity contribution is 0.380. The minimum atomic E-state index is 0.466. The molecular weight excluding hydrogens is 302 g/mol. The first-order chi connectivity index (χ1) is 11.9. The molecule has 3 aliphatic rings. The van der Waals surface area contributed by atoms with E-state index in [1.165, 1.54) is 24.2 Å². The molecule has 0 spiro atoms. The Hall–Kier alpha value is -2.63. The summed E-state index contributed by atoms with van der Waals surface area (Å²) in [5.74, 6) is 1.86. The van der Waals surface area contributed by atoms with Gasteiger partial charge in [-0.1, -0.05) is 17.3 Å². The monoisotopic (exact) mass is 319 g/mol. The first-order valence-corrected chi connectivity index (χ1v) is 8.65. The quantitative estimate of drug-likeness (QED) is 0.741. The number of aromatic nitrogens is 4. The number of para-hydroxylation sites is 2. The van der Waals surface area contributed by atoms with Crippen LogP contribution in [0.5, 0.6) is 0 Å². The third-order valence-electron chi connectivity index (χ3n) is 5.21. The summed E-state index contributed by atoms with van der Waals surface area (Å²) < 4.78 is 7.61. The first kappa shape index (κ1) is 12.8. The standard InChI is InChI=1S/C18H17N5O/c1-2-4-14-13(3-1)22(12-7-8-12)9-15-16(19-10-23(14)15)17-20-18(24-21-17)11-5-6-11/h1-4,10-12H,5-9H2. The number of anilines is 1. The van der Waals surface area contributed by atoms with Crippen molar-refractivity contribution in [1.29, 1.82) is 0 Å². The Morgan fingerprint density at radius 2 is 1.88 bits per heavy atom. The van der Waals surface area contributed by atoms with Crippen LogP contribution in [0.2, 0.25) is 0 Å². The number of hydrogen-bond donors (Lipinski definition) is 0. The van der Waals surface area contributed by atoms with E-state index in [0.717, 1.165) is 36.7 Å². The molecular formula is C18H17N5O. The molecule has 1 aromatic carbocycles. The number of rotatable bonds is 3. The molecule has 0 amide bonds. The zero-order valence-corrected chi connectivity index (χ0v) is 13.2. The average molecular weight is 319 g/mol. The fourth-order valence-electron chi connectivity index (χ4n) is 3.62. The molecule has 120 valence electrons. The SMILES string of the molecule is c1ccc2c(c1)N(C1CC1)Cc1c(-c3noc(C4CC4)n3)ncn1-2. The molecule has 2 aromatic heterocycles. The minimum Gasteiger partial charge on any atom is -0.361 e. The maximum absolute atomic E-state index is 5.44. The van der Waals surface area contributed by atoms with Crippen molar-refractivity contribution in [2.45, 2.75) is 44.2 Å². The highest BCUT2D eigenvalue weighted by Crippen LogP contribution is 2.42. The van der Waals surface area contributed by atoms with Gasteiger partial charge in [0.05, 0.1) is 23.6 Å². The lowest BCUT2D eigenvalue weighted by atomic mass is 10.1. The highest BCUT2D eigenvalue weighted by molar-refractivity contribution is 5.70. The van der Waals surface area contributed by atoms with Gasteiger partial charge < -0.3 is 9.42 Å². The molecule has 6 rings (SSSR count). The van der Waals surface area contributed by atoms with Crippen LogP contribution in [0.15, 0.2) is 35.1 Å². The van der Waals surface area contributed by atoms with Gasteiger partial charge in [0, 0.05) is 12.0 Å². The number of nitrogens with zero attached hydrogens (tertiary/aromatic N) is 5. The van der Waals surface area contributed by atoms with E-state index in [1.54, 1.807) is 0 Å². The van der Waals surface area contributed by atoms with Crippen molar-refractivity contribution in [3.8, 4) is 17.2 Å². The second-order valence-corrected chi connectivity index (χ2v) is 6.99. The molecule has 6 heteroatoms. The van der Waals surface area contributed by atoms with Crippen molar-refractivity contribution in [3.05, 3.63) is 42.2 Å². The van der Waals surface area contributed by atoms with Gasteiger partial charge in [0.1, 0.15) is 12.0 Å². The summed E-state index contributed by atoms with van der Waals surface area (Å²) in [6, 6.07) is 9.20. The fourth-order valence-corrected chi connectivity index (χ4v) is 3.62. The molecule has 0 unspecified atom stereocenters. The lowest BCUT2D eigenvalue weighted by Gasteiger charge is -2.32. The van der Waals surface area contributed by atoms with E-state index in [-0.39, 0.29) is 0 Å². The van der Waals surface area contributed by atoms with E-state index in [4.69, 9.17) is 4.52 Å². The molecule has 24 heavy (non-hydrogen) atoms. The van der Waals surface area contributed by atoms with Crippen LogP contribution in [-0.2, 0) is 6.54 Å². The normalized spacial score (nSPS) is 19.2. The number of benzene rings is 1. The molecule has 6 nitrogen and oxygen atoms in total. The molecule has 2 fully saturated rings. The first-order valence-electron chi connectivity index (χ1n) is 8.65. The summed E-state index contributed by atoms with van der Waals surface area (Å²) in [4.78, 5) is 11.7. The molecule has 0 radical (unpaired) electrons. The van der Waals surface area contributed by atoms with Gasteiger partial charge in [-0.15, -0.1) is 0 Å². The predicted octanol–water partition coefficient (Wildman–Crippen LogP) is 3.28. The summed E-state index contributed by atoms with van der Waals surface area (Å²) in [5, 5.41) is 4.19. The maximum atomic E-state index is 5.44. The van der Waals surface area contributed by atoms with Crippen molar-refractivity contribution >= 4 is 5.69 Å². The summed E-state index contributed by atoms with van der Waals surface area (Å²) >= 11 is 0. The van der Waals surface area contributed by atoms with Crippen LogP contribution in [-0.4, -0.2) is 25.7 Å². The molecule has 0 N–H and O–H groups in total. The van der Waals surface area contributed by atoms with Gasteiger partial charge in [0.25, 0.3) is 0 Å². The second-order valence-electron chi connectivity index (χ2n) is 6.99. The highest BCUT2D eigenvalue weighted by Gasteiger charge is 2.36. The van der Waals surface area contributed by atoms with Gasteiger partial charge in [-0.25, -0.2) is 4.98 Å². The molecule has 0 bridgehead atoms. The third kappa shape index (κ3) is 1.79. The van der Waals surface area contributed by atoms with Crippen LogP contribution in [0.4, 0.5) is 5.69 Å². The number of fused-ring (bicyclic) bond motifs is 3. The molecule has 3 heterocycles. The molecule has 0 atom stereocenters. The van der Waals surface area contributed by atoms with Crippen LogP contribution in [0.1, 0.15) is 43.2 Å². The van der Waals surface area contributed by atoms with Crippen molar-refractivity contribution in [3.63, 3.8) is 0 Å². The highest BCUT2D eigenvalue weighted by atomic mass is 16.5. The molecule has 2 aliphatic carbocycles. The Labute approximate surface area is 139 Å². The Morgan fingerprint density at radius 1 is 1.04 bits per heavy atom. The summed E-state index contributed by atoms with van der Waals surface area (Å²) in [6.07, 6.45) is 6.75. The van der Waals surface area contributed by atoms with Crippen molar-refractivity contribution < 1.29 is 4.52 Å². The molecule has 3 aromatic rings. The van der Waals surface area contributed by atoms with Crippen molar-refractivity contribution in [2.75, 3.05) is 4.90 Å². The van der Waals surface area contributed by atoms with Crippen LogP contribution >= 0.6 is 0 Å². The van der Waals surface area contributed by atoms with Gasteiger partial charge in [-0.3, -0.25) is 4.57 Å². The predicted molar refractivity (Wildman–Crippen MR) is 88.0 cm³/mol. The van der Waals surface area contributed by atoms with E-state index >= 15 is 0 Å². The van der Waals surface area contributed by atoms with E-state index in [0.29, 0.717) is 17.8 Å². The van der Waals surface area contributed by atoms with Gasteiger partial charge in [-0.2, -0.15) is 4.98 Å². The number of imidazole rings is 1. The van der Waals surface area contributed by atoms with E-state index < -0.39 is 0 Å². The molecule has 0 saturated heterocycles. The van der Waals surface area contributed by atoms with Crippen LogP contribution < -0.4 is 4.90 Å². The largest absolute Gasteiger partial charge is 0.361 e. The molecule has 2 saturated carbocycles. The summed E-state index contributed by atoms with van der Waals surface area (Å²) in [7, 11) is 0. The van der Waals surface area contributed by atoms with E-state index in [9.17, 15) is 0 Å². The maximum Gasteiger partial charge on any atom is 0.230 e. The van der Waals surface area contributed by atoms with Crippen molar-refractivity contribution in [1.82, 2.24) is 19.7 Å². The number of hydrogen-bond acceptors (Lipinski definition) is 5. The Morgan fingerprint density at radius 3 is 2.67 bits per heavy atom. The van der Waals surface area contributed by atoms with Crippen molar-refractivity contribution in [2.24, 2.45) is 0 Å². The van der Waals surface area contributed by atoms with Crippen LogP contribution in [0.25, 0.3) is 17.2 Å². The Balaban J connectivity index is 1.49. The Bertz CT molecular complexity index is 935. The zero-order valence-electron chi connectivity index (χ0n) is 13.2. The minimum absolute atomic E-state index is 0.466. The van der Waals surface area contributed by atoms with E-state index in [2.05, 4.69) is 48.9 Å². The summed E-state index contributed by atoms with van der Waals surface area (Å²) in [6.45, 7) is 0.852. The molecule has 1 aliphatic heterocycles. The van der Waals surface area contributed by atoms with Crippen LogP contribution in [0.3, 0.4) is 0 Å². The fraction of sp³-hybridized carbons (Fsp3) is 0.389. The van der Waals surface area contributed by atoms with Crippen LogP contribution in [0, 0.1) is 0 Å². The zero-order chi connectivity index (χ0) is 15.7. The summed E-state index contributed by atoms with van der Waals surface area (Å²) in [5.41, 5.74) is 4.49. The topological polar surface area (TPSA) is 60.0 Å². The van der Waals surface area contributed by atoms with E-state index in [1.807, 2.05) is 6.33 Å². The van der Waals surface area contributed by atoms with Gasteiger partial charge in [0.15, 0.2) is 0 Å². The third-order valence-corrected chi connectivity index (χ3v) is 5.21. The Kier molecular flexibility index (Phi) is 2.37.